The van der Waals surface area contributed by atoms with Crippen molar-refractivity contribution in [2.45, 2.75) is 13.8 Å². The fraction of sp³-hybridized carbons (Fsp3) is 0.0244. The zero-order chi connectivity index (χ0) is 56.4. The maximum atomic E-state index is 3.94. The summed E-state index contributed by atoms with van der Waals surface area (Å²) in [4.78, 5) is 0. The molecule has 16 aromatic carbocycles. The second-order valence-electron chi connectivity index (χ2n) is 22.2. The van der Waals surface area contributed by atoms with Crippen molar-refractivity contribution in [3.63, 3.8) is 0 Å². The van der Waals surface area contributed by atoms with Gasteiger partial charge >= 0.3 is 0 Å². The number of benzene rings is 16. The first-order valence-electron chi connectivity index (χ1n) is 28.8. The van der Waals surface area contributed by atoms with E-state index < -0.39 is 0 Å². The number of fused-ring (bicyclic) bond motifs is 14. The second-order valence-corrected chi connectivity index (χ2v) is 23.9. The van der Waals surface area contributed by atoms with Crippen LogP contribution in [0.1, 0.15) is 11.1 Å². The third-order valence-corrected chi connectivity index (χ3v) is 18.6. The minimum atomic E-state index is 1.11. The molecular weight excluding hydrogens is 1140 g/mol. The molecule has 0 bridgehead atoms. The average molecular weight is 1200 g/mol. The van der Waals surface area contributed by atoms with Gasteiger partial charge in [-0.25, -0.2) is 0 Å². The summed E-state index contributed by atoms with van der Waals surface area (Å²) in [6.07, 6.45) is 0. The molecule has 16 rings (SSSR count). The second kappa shape index (κ2) is 21.4. The Labute approximate surface area is 506 Å². The first kappa shape index (κ1) is 51.4. The van der Waals surface area contributed by atoms with Crippen molar-refractivity contribution in [3.05, 3.63) is 311 Å². The van der Waals surface area contributed by atoms with Crippen molar-refractivity contribution in [3.8, 4) is 66.8 Å². The van der Waals surface area contributed by atoms with Crippen molar-refractivity contribution in [1.82, 2.24) is 0 Å². The van der Waals surface area contributed by atoms with E-state index in [4.69, 9.17) is 0 Å². The van der Waals surface area contributed by atoms with E-state index in [0.29, 0.717) is 0 Å². The van der Waals surface area contributed by atoms with Crippen LogP contribution < -0.4 is 0 Å². The number of hydrogen-bond donors (Lipinski definition) is 0. The lowest BCUT2D eigenvalue weighted by molar-refractivity contribution is 1.53. The Hall–Kier alpha value is -9.44. The molecular formula is C82H54Br2. The topological polar surface area (TPSA) is 0 Å². The Balaban J connectivity index is 0.000000143. The zero-order valence-corrected chi connectivity index (χ0v) is 49.6. The van der Waals surface area contributed by atoms with Crippen LogP contribution in [-0.4, -0.2) is 0 Å². The molecule has 0 aliphatic heterocycles. The summed E-state index contributed by atoms with van der Waals surface area (Å²) in [5.74, 6) is 0. The largest absolute Gasteiger partial charge is 0.0622 e. The van der Waals surface area contributed by atoms with Crippen LogP contribution in [0.4, 0.5) is 0 Å². The summed E-state index contributed by atoms with van der Waals surface area (Å²) in [5.41, 5.74) is 17.4. The van der Waals surface area contributed by atoms with Gasteiger partial charge in [0.1, 0.15) is 0 Å². The normalized spacial score (nSPS) is 11.6. The van der Waals surface area contributed by atoms with Gasteiger partial charge in [0, 0.05) is 8.95 Å². The smallest absolute Gasteiger partial charge is 0.0260 e. The van der Waals surface area contributed by atoms with Crippen LogP contribution in [0.3, 0.4) is 0 Å². The molecule has 0 amide bonds. The monoisotopic (exact) mass is 1200 g/mol. The SMILES string of the molecule is Cc1ccc(-c2ccccc2)c2c1ccc1c2cc(-c2ccccc2)c2c3cc(-c4ccccc4)cc(Br)c3ccc12.Cc1ccc(-c2ccccc2)c2c1ccc1c2cc(-c2ccccc2)c2c3cc(-c4ccccc4)cc(Br)c3ccc12. The van der Waals surface area contributed by atoms with Crippen LogP contribution in [0, 0.1) is 13.8 Å². The van der Waals surface area contributed by atoms with E-state index in [1.807, 2.05) is 0 Å². The lowest BCUT2D eigenvalue weighted by Crippen LogP contribution is -1.91. The molecule has 0 fully saturated rings. The molecule has 0 N–H and O–H groups in total. The Kier molecular flexibility index (Phi) is 13.1. The zero-order valence-electron chi connectivity index (χ0n) is 46.5. The maximum Gasteiger partial charge on any atom is 0.0260 e. The summed E-state index contributed by atoms with van der Waals surface area (Å²) in [7, 11) is 0. The van der Waals surface area contributed by atoms with Crippen LogP contribution in [0.2, 0.25) is 0 Å². The molecule has 0 radical (unpaired) electrons. The van der Waals surface area contributed by atoms with Crippen LogP contribution in [-0.2, 0) is 0 Å². The molecule has 0 aliphatic rings. The Morgan fingerprint density at radius 2 is 0.440 bits per heavy atom. The number of hydrogen-bond acceptors (Lipinski definition) is 0. The molecule has 396 valence electrons. The van der Waals surface area contributed by atoms with Crippen LogP contribution >= 0.6 is 31.9 Å². The lowest BCUT2D eigenvalue weighted by Gasteiger charge is -2.18. The maximum absolute atomic E-state index is 3.94. The van der Waals surface area contributed by atoms with Gasteiger partial charge in [-0.3, -0.25) is 0 Å². The van der Waals surface area contributed by atoms with Gasteiger partial charge in [-0.2, -0.15) is 0 Å². The van der Waals surface area contributed by atoms with Crippen molar-refractivity contribution in [2.75, 3.05) is 0 Å². The van der Waals surface area contributed by atoms with Crippen molar-refractivity contribution in [1.29, 1.82) is 0 Å². The van der Waals surface area contributed by atoms with Crippen molar-refractivity contribution in [2.24, 2.45) is 0 Å². The van der Waals surface area contributed by atoms with E-state index in [2.05, 4.69) is 337 Å². The molecule has 0 aromatic heterocycles. The molecule has 0 saturated heterocycles. The molecule has 0 unspecified atom stereocenters. The molecule has 0 saturated carbocycles. The standard InChI is InChI=1S/2C41H27Br/c2*1-26-17-18-32(28-13-7-3-8-14-28)40-31(26)19-20-33-35-22-21-34-37(23-30(24-39(34)42)27-11-5-2-6-12-27)41(35)36(25-38(33)40)29-15-9-4-10-16-29/h2*2-25H,1H3. The van der Waals surface area contributed by atoms with Crippen molar-refractivity contribution < 1.29 is 0 Å². The minimum Gasteiger partial charge on any atom is -0.0622 e. The van der Waals surface area contributed by atoms with E-state index in [1.165, 1.54) is 164 Å². The predicted molar refractivity (Wildman–Crippen MR) is 370 cm³/mol. The minimum absolute atomic E-state index is 1.11. The first-order chi connectivity index (χ1) is 41.3. The molecule has 0 spiro atoms. The van der Waals surface area contributed by atoms with Gasteiger partial charge in [0.05, 0.1) is 0 Å². The summed E-state index contributed by atoms with van der Waals surface area (Å²) in [5, 5.41) is 20.5. The van der Waals surface area contributed by atoms with Crippen LogP contribution in [0.15, 0.2) is 300 Å². The molecule has 0 heterocycles. The predicted octanol–water partition coefficient (Wildman–Crippen LogP) is 24.7. The number of rotatable bonds is 6. The average Bonchev–Trinajstić information content (AvgIpc) is 1.56. The van der Waals surface area contributed by atoms with Gasteiger partial charge < -0.3 is 0 Å². The quantitative estimate of drug-likeness (QED) is 0.146. The fourth-order valence-electron chi connectivity index (χ4n) is 13.3. The third-order valence-electron chi connectivity index (χ3n) is 17.3. The fourth-order valence-corrected chi connectivity index (χ4v) is 14.4. The Bertz CT molecular complexity index is 4900. The van der Waals surface area contributed by atoms with E-state index in [0.717, 1.165) is 8.95 Å². The summed E-state index contributed by atoms with van der Waals surface area (Å²) in [6, 6.07) is 106. The lowest BCUT2D eigenvalue weighted by atomic mass is 9.85. The highest BCUT2D eigenvalue weighted by molar-refractivity contribution is 9.11. The highest BCUT2D eigenvalue weighted by Gasteiger charge is 2.21. The van der Waals surface area contributed by atoms with Gasteiger partial charge in [-0.1, -0.05) is 287 Å². The Morgan fingerprint density at radius 1 is 0.179 bits per heavy atom. The summed E-state index contributed by atoms with van der Waals surface area (Å²) >= 11 is 7.87. The van der Waals surface area contributed by atoms with Crippen LogP contribution in [0.5, 0.6) is 0 Å². The van der Waals surface area contributed by atoms with E-state index >= 15 is 0 Å². The third kappa shape index (κ3) is 8.88. The van der Waals surface area contributed by atoms with Gasteiger partial charge in [-0.05, 0) is 214 Å². The van der Waals surface area contributed by atoms with Gasteiger partial charge in [0.2, 0.25) is 0 Å². The molecule has 0 aliphatic carbocycles. The summed E-state index contributed by atoms with van der Waals surface area (Å²) < 4.78 is 2.22. The molecule has 16 aromatic rings. The highest BCUT2D eigenvalue weighted by atomic mass is 79.9. The van der Waals surface area contributed by atoms with E-state index in [1.54, 1.807) is 0 Å². The van der Waals surface area contributed by atoms with E-state index in [-0.39, 0.29) is 0 Å². The summed E-state index contributed by atoms with van der Waals surface area (Å²) in [6.45, 7) is 4.44. The Morgan fingerprint density at radius 3 is 0.786 bits per heavy atom. The molecule has 2 heteroatoms. The van der Waals surface area contributed by atoms with Crippen molar-refractivity contribution >= 4 is 118 Å². The van der Waals surface area contributed by atoms with Gasteiger partial charge in [0.25, 0.3) is 0 Å². The number of aryl methyl sites for hydroxylation is 2. The first-order valence-corrected chi connectivity index (χ1v) is 30.4. The highest BCUT2D eigenvalue weighted by Crippen LogP contribution is 2.48. The van der Waals surface area contributed by atoms with Crippen LogP contribution in [0.25, 0.3) is 153 Å². The molecule has 0 nitrogen and oxygen atoms in total. The molecule has 84 heavy (non-hydrogen) atoms. The molecule has 0 atom stereocenters. The van der Waals surface area contributed by atoms with E-state index in [9.17, 15) is 0 Å². The van der Waals surface area contributed by atoms with Gasteiger partial charge in [0.15, 0.2) is 0 Å². The number of halogens is 2. The van der Waals surface area contributed by atoms with Gasteiger partial charge in [-0.15, -0.1) is 0 Å².